The van der Waals surface area contributed by atoms with Crippen LogP contribution in [0.15, 0.2) is 34.9 Å². The zero-order valence-electron chi connectivity index (χ0n) is 12.1. The minimum Gasteiger partial charge on any atom is -0.381 e. The molecule has 1 saturated carbocycles. The topological polar surface area (TPSA) is 24.9 Å². The van der Waals surface area contributed by atoms with Crippen molar-refractivity contribution in [1.29, 1.82) is 0 Å². The molecule has 20 heavy (non-hydrogen) atoms. The molecule has 0 bridgehead atoms. The van der Waals surface area contributed by atoms with Gasteiger partial charge in [0.1, 0.15) is 0 Å². The van der Waals surface area contributed by atoms with E-state index in [2.05, 4.69) is 64.3 Å². The van der Waals surface area contributed by atoms with Gasteiger partial charge in [-0.3, -0.25) is 4.98 Å². The Morgan fingerprint density at radius 3 is 2.75 bits per heavy atom. The SMILES string of the molecule is CC1(C)CCC(Nc2cccc3cc(Br)cnc23)CC1. The summed E-state index contributed by atoms with van der Waals surface area (Å²) in [5.41, 5.74) is 2.75. The molecule has 0 amide bonds. The van der Waals surface area contributed by atoms with Crippen molar-refractivity contribution in [2.75, 3.05) is 5.32 Å². The summed E-state index contributed by atoms with van der Waals surface area (Å²) in [5, 5.41) is 4.88. The summed E-state index contributed by atoms with van der Waals surface area (Å²) in [6.07, 6.45) is 6.97. The van der Waals surface area contributed by atoms with Crippen LogP contribution in [0.25, 0.3) is 10.9 Å². The second kappa shape index (κ2) is 5.36. The molecule has 1 heterocycles. The normalized spacial score (nSPS) is 19.1. The van der Waals surface area contributed by atoms with Crippen LogP contribution in [0, 0.1) is 5.41 Å². The van der Waals surface area contributed by atoms with Gasteiger partial charge in [0, 0.05) is 22.1 Å². The first kappa shape index (κ1) is 13.9. The van der Waals surface area contributed by atoms with E-state index in [-0.39, 0.29) is 0 Å². The quantitative estimate of drug-likeness (QED) is 0.798. The number of nitrogens with zero attached hydrogens (tertiary/aromatic N) is 1. The van der Waals surface area contributed by atoms with Crippen molar-refractivity contribution in [3.63, 3.8) is 0 Å². The summed E-state index contributed by atoms with van der Waals surface area (Å²) in [4.78, 5) is 4.57. The fraction of sp³-hybridized carbons (Fsp3) is 0.471. The van der Waals surface area contributed by atoms with E-state index in [0.29, 0.717) is 11.5 Å². The Labute approximate surface area is 129 Å². The molecular formula is C17H21BrN2. The average molecular weight is 333 g/mol. The molecule has 1 aromatic carbocycles. The van der Waals surface area contributed by atoms with Gasteiger partial charge in [0.05, 0.1) is 11.2 Å². The second-order valence-electron chi connectivity index (χ2n) is 6.61. The number of aromatic nitrogens is 1. The van der Waals surface area contributed by atoms with Crippen LogP contribution in [0.5, 0.6) is 0 Å². The van der Waals surface area contributed by atoms with Crippen molar-refractivity contribution in [2.45, 2.75) is 45.6 Å². The van der Waals surface area contributed by atoms with Gasteiger partial charge < -0.3 is 5.32 Å². The third-order valence-electron chi connectivity index (χ3n) is 4.38. The highest BCUT2D eigenvalue weighted by Gasteiger charge is 2.26. The van der Waals surface area contributed by atoms with E-state index in [1.807, 2.05) is 6.20 Å². The molecule has 3 rings (SSSR count). The van der Waals surface area contributed by atoms with E-state index in [0.717, 1.165) is 9.99 Å². The van der Waals surface area contributed by atoms with E-state index in [1.165, 1.54) is 36.8 Å². The van der Waals surface area contributed by atoms with Crippen LogP contribution in [-0.4, -0.2) is 11.0 Å². The maximum Gasteiger partial charge on any atom is 0.0934 e. The average Bonchev–Trinajstić information content (AvgIpc) is 2.41. The van der Waals surface area contributed by atoms with Gasteiger partial charge in [-0.15, -0.1) is 0 Å². The zero-order chi connectivity index (χ0) is 14.2. The van der Waals surface area contributed by atoms with Gasteiger partial charge in [-0.05, 0) is 59.2 Å². The highest BCUT2D eigenvalue weighted by Crippen LogP contribution is 2.36. The van der Waals surface area contributed by atoms with Crippen LogP contribution in [0.2, 0.25) is 0 Å². The molecule has 1 aliphatic carbocycles. The molecule has 1 fully saturated rings. The number of pyridine rings is 1. The van der Waals surface area contributed by atoms with Crippen molar-refractivity contribution in [2.24, 2.45) is 5.41 Å². The predicted molar refractivity (Wildman–Crippen MR) is 89.1 cm³/mol. The minimum absolute atomic E-state index is 0.514. The van der Waals surface area contributed by atoms with Gasteiger partial charge in [-0.1, -0.05) is 26.0 Å². The molecule has 0 aliphatic heterocycles. The molecule has 106 valence electrons. The van der Waals surface area contributed by atoms with Crippen molar-refractivity contribution in [3.8, 4) is 0 Å². The maximum atomic E-state index is 4.57. The van der Waals surface area contributed by atoms with Crippen LogP contribution in [-0.2, 0) is 0 Å². The lowest BCUT2D eigenvalue weighted by molar-refractivity contribution is 0.232. The molecular weight excluding hydrogens is 312 g/mol. The number of halogens is 1. The first-order valence-corrected chi connectivity index (χ1v) is 8.14. The Morgan fingerprint density at radius 2 is 2.00 bits per heavy atom. The van der Waals surface area contributed by atoms with E-state index in [1.54, 1.807) is 0 Å². The molecule has 1 aliphatic rings. The summed E-state index contributed by atoms with van der Waals surface area (Å²) in [6.45, 7) is 4.75. The van der Waals surface area contributed by atoms with Crippen molar-refractivity contribution >= 4 is 32.5 Å². The van der Waals surface area contributed by atoms with Gasteiger partial charge >= 0.3 is 0 Å². The molecule has 1 aromatic heterocycles. The number of hydrogen-bond acceptors (Lipinski definition) is 2. The van der Waals surface area contributed by atoms with E-state index >= 15 is 0 Å². The second-order valence-corrected chi connectivity index (χ2v) is 7.53. The molecule has 0 spiro atoms. The smallest absolute Gasteiger partial charge is 0.0934 e. The zero-order valence-corrected chi connectivity index (χ0v) is 13.7. The number of anilines is 1. The molecule has 1 N–H and O–H groups in total. The van der Waals surface area contributed by atoms with Gasteiger partial charge in [-0.2, -0.15) is 0 Å². The van der Waals surface area contributed by atoms with Gasteiger partial charge in [-0.25, -0.2) is 0 Å². The lowest BCUT2D eigenvalue weighted by atomic mass is 9.75. The number of hydrogen-bond donors (Lipinski definition) is 1. The highest BCUT2D eigenvalue weighted by atomic mass is 79.9. The van der Waals surface area contributed by atoms with E-state index in [4.69, 9.17) is 0 Å². The van der Waals surface area contributed by atoms with Gasteiger partial charge in [0.15, 0.2) is 0 Å². The molecule has 3 heteroatoms. The summed E-state index contributed by atoms with van der Waals surface area (Å²) in [5.74, 6) is 0. The predicted octanol–water partition coefficient (Wildman–Crippen LogP) is 5.38. The number of benzene rings is 1. The molecule has 0 radical (unpaired) electrons. The number of rotatable bonds is 2. The van der Waals surface area contributed by atoms with Crippen LogP contribution in [0.4, 0.5) is 5.69 Å². The Morgan fingerprint density at radius 1 is 1.25 bits per heavy atom. The largest absolute Gasteiger partial charge is 0.381 e. The molecule has 2 aromatic rings. The Balaban J connectivity index is 1.81. The lowest BCUT2D eigenvalue weighted by Gasteiger charge is -2.35. The van der Waals surface area contributed by atoms with Gasteiger partial charge in [0.25, 0.3) is 0 Å². The van der Waals surface area contributed by atoms with Crippen molar-refractivity contribution in [1.82, 2.24) is 4.98 Å². The summed E-state index contributed by atoms with van der Waals surface area (Å²) < 4.78 is 1.03. The van der Waals surface area contributed by atoms with Crippen LogP contribution in [0.1, 0.15) is 39.5 Å². The fourth-order valence-electron chi connectivity index (χ4n) is 3.01. The van der Waals surface area contributed by atoms with Crippen LogP contribution in [0.3, 0.4) is 0 Å². The number of fused-ring (bicyclic) bond motifs is 1. The Kier molecular flexibility index (Phi) is 3.72. The van der Waals surface area contributed by atoms with Crippen LogP contribution < -0.4 is 5.32 Å². The summed E-state index contributed by atoms with van der Waals surface area (Å²) >= 11 is 3.49. The first-order valence-electron chi connectivity index (χ1n) is 7.34. The summed E-state index contributed by atoms with van der Waals surface area (Å²) in [6, 6.07) is 9.06. The van der Waals surface area contributed by atoms with E-state index in [9.17, 15) is 0 Å². The molecule has 2 nitrogen and oxygen atoms in total. The third kappa shape index (κ3) is 2.98. The van der Waals surface area contributed by atoms with Crippen molar-refractivity contribution in [3.05, 3.63) is 34.9 Å². The molecule has 0 atom stereocenters. The van der Waals surface area contributed by atoms with Gasteiger partial charge in [0.2, 0.25) is 0 Å². The molecule has 0 saturated heterocycles. The Hall–Kier alpha value is -1.09. The molecule has 0 unspecified atom stereocenters. The maximum absolute atomic E-state index is 4.57. The van der Waals surface area contributed by atoms with Crippen LogP contribution >= 0.6 is 15.9 Å². The Bertz CT molecular complexity index is 611. The van der Waals surface area contributed by atoms with Crippen molar-refractivity contribution < 1.29 is 0 Å². The number of para-hydroxylation sites is 1. The monoisotopic (exact) mass is 332 g/mol. The minimum atomic E-state index is 0.514. The lowest BCUT2D eigenvalue weighted by Crippen LogP contribution is -2.29. The fourth-order valence-corrected chi connectivity index (χ4v) is 3.36. The van der Waals surface area contributed by atoms with E-state index < -0.39 is 0 Å². The number of nitrogens with one attached hydrogen (secondary N) is 1. The third-order valence-corrected chi connectivity index (χ3v) is 4.81. The standard InChI is InChI=1S/C17H21BrN2/c1-17(2)8-6-14(7-9-17)20-15-5-3-4-12-10-13(18)11-19-16(12)15/h3-5,10-11,14,20H,6-9H2,1-2H3. The first-order chi connectivity index (χ1) is 9.53. The summed E-state index contributed by atoms with van der Waals surface area (Å²) in [7, 11) is 0. The highest BCUT2D eigenvalue weighted by molar-refractivity contribution is 9.10.